The Morgan fingerprint density at radius 1 is 1.47 bits per heavy atom. The topological polar surface area (TPSA) is 135 Å². The summed E-state index contributed by atoms with van der Waals surface area (Å²) in [6, 6.07) is 0. The molecule has 0 aromatic heterocycles. The highest BCUT2D eigenvalue weighted by molar-refractivity contribution is 6.26. The highest BCUT2D eigenvalue weighted by Crippen LogP contribution is 2.29. The molecule has 0 radical (unpaired) electrons. The van der Waals surface area contributed by atoms with Crippen LogP contribution < -0.4 is 5.32 Å². The van der Waals surface area contributed by atoms with Crippen LogP contribution in [0, 0.1) is 5.92 Å². The molecule has 0 spiro atoms. The molecule has 17 heavy (non-hydrogen) atoms. The molecule has 2 aliphatic rings. The lowest BCUT2D eigenvalue weighted by Crippen LogP contribution is -2.55. The first-order chi connectivity index (χ1) is 8.04. The van der Waals surface area contributed by atoms with Crippen LogP contribution in [0.25, 0.3) is 0 Å². The van der Waals surface area contributed by atoms with Crippen molar-refractivity contribution in [3.05, 3.63) is 0 Å². The van der Waals surface area contributed by atoms with Crippen molar-refractivity contribution in [3.63, 3.8) is 0 Å². The van der Waals surface area contributed by atoms with E-state index in [0.29, 0.717) is 0 Å². The molecule has 0 aromatic carbocycles. The molecule has 0 unspecified atom stereocenters. The van der Waals surface area contributed by atoms with Crippen molar-refractivity contribution < 1.29 is 30.0 Å². The molecule has 9 heteroatoms. The van der Waals surface area contributed by atoms with Crippen LogP contribution in [-0.2, 0) is 9.53 Å². The number of aliphatic hydroxyl groups excluding tert-OH is 4. The van der Waals surface area contributed by atoms with Crippen molar-refractivity contribution in [1.29, 1.82) is 0 Å². The Morgan fingerprint density at radius 3 is 2.76 bits per heavy atom. The van der Waals surface area contributed by atoms with E-state index in [4.69, 9.17) is 9.84 Å². The van der Waals surface area contributed by atoms with E-state index in [1.807, 2.05) is 0 Å². The number of nitrogens with one attached hydrogen (secondary N) is 1. The van der Waals surface area contributed by atoms with Gasteiger partial charge in [-0.2, -0.15) is 5.10 Å². The van der Waals surface area contributed by atoms with Gasteiger partial charge in [0.25, 0.3) is 5.91 Å². The number of amides is 1. The van der Waals surface area contributed by atoms with Gasteiger partial charge in [-0.25, -0.2) is 5.01 Å². The molecular formula is C8H13N3O6. The van der Waals surface area contributed by atoms with Gasteiger partial charge in [0, 0.05) is 0 Å². The molecule has 1 amide bonds. The molecule has 5 atom stereocenters. The van der Waals surface area contributed by atoms with Gasteiger partial charge >= 0.3 is 0 Å². The minimum Gasteiger partial charge on any atom is -0.396 e. The van der Waals surface area contributed by atoms with Crippen LogP contribution in [0.5, 0.6) is 0 Å². The van der Waals surface area contributed by atoms with Crippen LogP contribution in [0.1, 0.15) is 0 Å². The Bertz CT molecular complexity index is 337. The maximum absolute atomic E-state index is 10.9. The first kappa shape index (κ1) is 12.2. The van der Waals surface area contributed by atoms with E-state index in [1.54, 1.807) is 0 Å². The van der Waals surface area contributed by atoms with Crippen LogP contribution in [0.2, 0.25) is 0 Å². The predicted molar refractivity (Wildman–Crippen MR) is 51.9 cm³/mol. The van der Waals surface area contributed by atoms with Gasteiger partial charge in [0.15, 0.2) is 12.5 Å². The Morgan fingerprint density at radius 2 is 2.18 bits per heavy atom. The van der Waals surface area contributed by atoms with Crippen molar-refractivity contribution in [2.75, 3.05) is 6.61 Å². The summed E-state index contributed by atoms with van der Waals surface area (Å²) in [5, 5.41) is 44.2. The smallest absolute Gasteiger partial charge is 0.267 e. The van der Waals surface area contributed by atoms with Crippen molar-refractivity contribution in [1.82, 2.24) is 10.3 Å². The SMILES string of the molecule is O=C1C=NN([C@H]2O[C@H](O)[C@H](O)[C@@H]2CO)[C@H](O)N1. The molecule has 2 heterocycles. The number of carbonyl (C=O) groups excluding carboxylic acids is 1. The number of hydrogen-bond donors (Lipinski definition) is 5. The average Bonchev–Trinajstić information content (AvgIpc) is 2.55. The molecule has 96 valence electrons. The van der Waals surface area contributed by atoms with Crippen molar-refractivity contribution in [3.8, 4) is 0 Å². The number of carbonyl (C=O) groups is 1. The van der Waals surface area contributed by atoms with Gasteiger partial charge in [0.05, 0.1) is 12.5 Å². The fourth-order valence-corrected chi connectivity index (χ4v) is 1.78. The number of hydrogen-bond acceptors (Lipinski definition) is 8. The van der Waals surface area contributed by atoms with Crippen molar-refractivity contribution in [2.45, 2.75) is 25.0 Å². The van der Waals surface area contributed by atoms with Crippen LogP contribution in [0.3, 0.4) is 0 Å². The zero-order chi connectivity index (χ0) is 12.6. The van der Waals surface area contributed by atoms with E-state index >= 15 is 0 Å². The maximum atomic E-state index is 10.9. The van der Waals surface area contributed by atoms with E-state index in [0.717, 1.165) is 11.2 Å². The number of rotatable bonds is 2. The van der Waals surface area contributed by atoms with Gasteiger partial charge < -0.3 is 30.5 Å². The lowest BCUT2D eigenvalue weighted by molar-refractivity contribution is -0.193. The Labute approximate surface area is 95.9 Å². The predicted octanol–water partition coefficient (Wildman–Crippen LogP) is -3.68. The third-order valence-electron chi connectivity index (χ3n) is 2.68. The van der Waals surface area contributed by atoms with Crippen molar-refractivity contribution in [2.24, 2.45) is 11.0 Å². The summed E-state index contributed by atoms with van der Waals surface area (Å²) in [4.78, 5) is 10.9. The summed E-state index contributed by atoms with van der Waals surface area (Å²) >= 11 is 0. The van der Waals surface area contributed by atoms with E-state index in [1.165, 1.54) is 0 Å². The largest absolute Gasteiger partial charge is 0.396 e. The minimum absolute atomic E-state index is 0.463. The lowest BCUT2D eigenvalue weighted by Gasteiger charge is -2.34. The van der Waals surface area contributed by atoms with Gasteiger partial charge in [-0.3, -0.25) is 4.79 Å². The van der Waals surface area contributed by atoms with E-state index < -0.39 is 43.4 Å². The quantitative estimate of drug-likeness (QED) is 0.339. The normalized spacial score (nSPS) is 41.8. The second-order valence-corrected chi connectivity index (χ2v) is 3.76. The highest BCUT2D eigenvalue weighted by atomic mass is 16.6. The zero-order valence-electron chi connectivity index (χ0n) is 8.67. The summed E-state index contributed by atoms with van der Waals surface area (Å²) in [6.07, 6.45) is -4.31. The van der Waals surface area contributed by atoms with Crippen LogP contribution in [0.15, 0.2) is 5.10 Å². The maximum Gasteiger partial charge on any atom is 0.267 e. The molecule has 0 aromatic rings. The summed E-state index contributed by atoms with van der Waals surface area (Å²) < 4.78 is 4.97. The number of nitrogens with zero attached hydrogens (tertiary/aromatic N) is 2. The first-order valence-electron chi connectivity index (χ1n) is 4.98. The number of aliphatic hydroxyl groups is 4. The summed E-state index contributed by atoms with van der Waals surface area (Å²) in [5.74, 6) is -1.42. The zero-order valence-corrected chi connectivity index (χ0v) is 8.67. The van der Waals surface area contributed by atoms with Gasteiger partial charge in [0.2, 0.25) is 6.35 Å². The Balaban J connectivity index is 2.16. The van der Waals surface area contributed by atoms with Gasteiger partial charge in [-0.15, -0.1) is 0 Å². The molecule has 2 aliphatic heterocycles. The van der Waals surface area contributed by atoms with Crippen LogP contribution >= 0.6 is 0 Å². The molecule has 1 fully saturated rings. The van der Waals surface area contributed by atoms with Crippen molar-refractivity contribution >= 4 is 12.1 Å². The van der Waals surface area contributed by atoms with E-state index in [2.05, 4.69) is 10.4 Å². The molecule has 9 nitrogen and oxygen atoms in total. The summed E-state index contributed by atoms with van der Waals surface area (Å²) in [7, 11) is 0. The summed E-state index contributed by atoms with van der Waals surface area (Å²) in [6.45, 7) is -0.463. The number of ether oxygens (including phenoxy) is 1. The fourth-order valence-electron chi connectivity index (χ4n) is 1.78. The molecule has 5 N–H and O–H groups in total. The monoisotopic (exact) mass is 247 g/mol. The highest BCUT2D eigenvalue weighted by Gasteiger charge is 2.47. The third kappa shape index (κ3) is 2.10. The Kier molecular flexibility index (Phi) is 3.26. The molecule has 1 saturated heterocycles. The molecule has 0 aliphatic carbocycles. The first-order valence-corrected chi connectivity index (χ1v) is 4.98. The third-order valence-corrected chi connectivity index (χ3v) is 2.68. The van der Waals surface area contributed by atoms with Gasteiger partial charge in [0.1, 0.15) is 12.3 Å². The average molecular weight is 247 g/mol. The molecule has 0 saturated carbocycles. The molecular weight excluding hydrogens is 234 g/mol. The molecule has 2 rings (SSSR count). The Hall–Kier alpha value is -1.26. The van der Waals surface area contributed by atoms with Gasteiger partial charge in [-0.05, 0) is 0 Å². The van der Waals surface area contributed by atoms with Gasteiger partial charge in [-0.1, -0.05) is 0 Å². The van der Waals surface area contributed by atoms with E-state index in [-0.39, 0.29) is 0 Å². The summed E-state index contributed by atoms with van der Waals surface area (Å²) in [5.41, 5.74) is 0. The second kappa shape index (κ2) is 4.55. The fraction of sp³-hybridized carbons (Fsp3) is 0.750. The van der Waals surface area contributed by atoms with Crippen LogP contribution in [0.4, 0.5) is 0 Å². The minimum atomic E-state index is -1.47. The second-order valence-electron chi connectivity index (χ2n) is 3.76. The standard InChI is InChI=1S/C8H13N3O6/c12-2-3-5(14)7(15)17-6(3)11-8(16)10-4(13)1-9-11/h1,3,5-8,12,14-16H,2H2,(H,10,13)/t3-,5+,6-,7-,8+/m0/s1. The van der Waals surface area contributed by atoms with Crippen LogP contribution in [-0.4, -0.2) is 69.1 Å². The lowest BCUT2D eigenvalue weighted by atomic mass is 10.0. The number of hydrazone groups is 1. The van der Waals surface area contributed by atoms with E-state index in [9.17, 15) is 20.1 Å². The molecule has 0 bridgehead atoms.